The monoisotopic (exact) mass is 460 g/mol. The van der Waals surface area contributed by atoms with E-state index in [1.165, 1.54) is 17.3 Å². The van der Waals surface area contributed by atoms with E-state index in [-0.39, 0.29) is 57.7 Å². The zero-order valence-corrected chi connectivity index (χ0v) is 20.6. The fourth-order valence-corrected chi connectivity index (χ4v) is 8.94. The molecular formula is C26H36O5S. The molecular weight excluding hydrogens is 424 g/mol. The van der Waals surface area contributed by atoms with Gasteiger partial charge in [-0.2, -0.15) is 0 Å². The summed E-state index contributed by atoms with van der Waals surface area (Å²) in [5.41, 5.74) is 1.15. The summed E-state index contributed by atoms with van der Waals surface area (Å²) in [6, 6.07) is 0. The van der Waals surface area contributed by atoms with E-state index in [2.05, 4.69) is 13.8 Å². The minimum Gasteiger partial charge on any atom is -0.458 e. The largest absolute Gasteiger partial charge is 0.458 e. The summed E-state index contributed by atoms with van der Waals surface area (Å²) in [4.78, 5) is 49.1. The third-order valence-corrected chi connectivity index (χ3v) is 10.4. The van der Waals surface area contributed by atoms with Crippen molar-refractivity contribution in [2.75, 3.05) is 6.61 Å². The maximum absolute atomic E-state index is 13.1. The van der Waals surface area contributed by atoms with Gasteiger partial charge in [0.2, 0.25) is 0 Å². The second-order valence-corrected chi connectivity index (χ2v) is 12.3. The highest BCUT2D eigenvalue weighted by Gasteiger charge is 2.62. The zero-order chi connectivity index (χ0) is 23.3. The Bertz CT molecular complexity index is 862. The van der Waals surface area contributed by atoms with Crippen LogP contribution < -0.4 is 0 Å². The van der Waals surface area contributed by atoms with Crippen molar-refractivity contribution >= 4 is 34.4 Å². The second kappa shape index (κ2) is 8.73. The average molecular weight is 461 g/mol. The molecule has 0 spiro atoms. The highest BCUT2D eigenvalue weighted by molar-refractivity contribution is 8.14. The average Bonchev–Trinajstić information content (AvgIpc) is 3.09. The van der Waals surface area contributed by atoms with Gasteiger partial charge in [-0.1, -0.05) is 38.1 Å². The molecule has 176 valence electrons. The molecule has 4 rings (SSSR count). The van der Waals surface area contributed by atoms with Gasteiger partial charge in [-0.3, -0.25) is 19.2 Å². The Morgan fingerprint density at radius 1 is 1.12 bits per heavy atom. The number of ether oxygens (including phenoxy) is 1. The molecule has 0 N–H and O–H groups in total. The van der Waals surface area contributed by atoms with Crippen molar-refractivity contribution in [2.45, 2.75) is 84.3 Å². The van der Waals surface area contributed by atoms with Crippen molar-refractivity contribution in [1.82, 2.24) is 0 Å². The number of carbonyl (C=O) groups excluding carboxylic acids is 4. The van der Waals surface area contributed by atoms with Gasteiger partial charge < -0.3 is 4.74 Å². The van der Waals surface area contributed by atoms with Crippen LogP contribution in [0.25, 0.3) is 0 Å². The van der Waals surface area contributed by atoms with Crippen LogP contribution in [0, 0.1) is 34.5 Å². The Hall–Kier alpha value is -1.43. The van der Waals surface area contributed by atoms with Crippen LogP contribution in [0.1, 0.15) is 79.1 Å². The summed E-state index contributed by atoms with van der Waals surface area (Å²) in [6.45, 7) is 7.85. The summed E-state index contributed by atoms with van der Waals surface area (Å²) in [7, 11) is 0. The van der Waals surface area contributed by atoms with Gasteiger partial charge in [-0.25, -0.2) is 0 Å². The molecule has 5 nitrogen and oxygen atoms in total. The molecule has 0 heterocycles. The van der Waals surface area contributed by atoms with E-state index in [9.17, 15) is 19.2 Å². The molecule has 6 heteroatoms. The predicted octanol–water partition coefficient (Wildman–Crippen LogP) is 4.92. The van der Waals surface area contributed by atoms with Crippen LogP contribution in [0.5, 0.6) is 0 Å². The third kappa shape index (κ3) is 3.91. The first-order chi connectivity index (χ1) is 15.1. The predicted molar refractivity (Wildman–Crippen MR) is 124 cm³/mol. The van der Waals surface area contributed by atoms with Crippen LogP contribution in [0.4, 0.5) is 0 Å². The molecule has 0 aliphatic heterocycles. The number of carbonyl (C=O) groups is 4. The maximum Gasteiger partial charge on any atom is 0.305 e. The number of hydrogen-bond donors (Lipinski definition) is 0. The molecule has 3 saturated carbocycles. The van der Waals surface area contributed by atoms with Gasteiger partial charge in [0.05, 0.1) is 0 Å². The van der Waals surface area contributed by atoms with Crippen molar-refractivity contribution in [1.29, 1.82) is 0 Å². The molecule has 4 aliphatic rings. The van der Waals surface area contributed by atoms with E-state index in [0.29, 0.717) is 24.2 Å². The van der Waals surface area contributed by atoms with Gasteiger partial charge >= 0.3 is 5.97 Å². The molecule has 0 radical (unpaired) electrons. The summed E-state index contributed by atoms with van der Waals surface area (Å²) in [5.74, 6) is 1.05. The Balaban J connectivity index is 1.63. The number of ketones is 2. The highest BCUT2D eigenvalue weighted by Crippen LogP contribution is 2.68. The van der Waals surface area contributed by atoms with Crippen LogP contribution in [-0.2, 0) is 23.9 Å². The van der Waals surface area contributed by atoms with Gasteiger partial charge in [0.25, 0.3) is 0 Å². The van der Waals surface area contributed by atoms with E-state index >= 15 is 0 Å². The summed E-state index contributed by atoms with van der Waals surface area (Å²) in [5, 5.41) is 0.295. The Kier molecular flexibility index (Phi) is 6.47. The van der Waals surface area contributed by atoms with Crippen LogP contribution >= 0.6 is 11.8 Å². The molecule has 4 aliphatic carbocycles. The summed E-state index contributed by atoms with van der Waals surface area (Å²) < 4.78 is 5.19. The molecule has 0 aromatic heterocycles. The maximum atomic E-state index is 13.1. The third-order valence-electron chi connectivity index (χ3n) is 9.33. The van der Waals surface area contributed by atoms with Crippen LogP contribution in [0.2, 0.25) is 0 Å². The van der Waals surface area contributed by atoms with Crippen LogP contribution in [0.15, 0.2) is 11.6 Å². The molecule has 0 aromatic carbocycles. The topological polar surface area (TPSA) is 77.5 Å². The van der Waals surface area contributed by atoms with E-state index in [1.54, 1.807) is 13.8 Å². The minimum atomic E-state index is -0.328. The fraction of sp³-hybridized carbons (Fsp3) is 0.769. The normalized spacial score (nSPS) is 40.6. The van der Waals surface area contributed by atoms with Crippen LogP contribution in [-0.4, -0.2) is 34.5 Å². The number of Topliss-reactive ketones (excluding diaryl/α,β-unsaturated/α-hetero) is 1. The number of esters is 1. The number of thioether (sulfide) groups is 1. The highest BCUT2D eigenvalue weighted by atomic mass is 32.2. The second-order valence-electron chi connectivity index (χ2n) is 10.9. The molecule has 7 atom stereocenters. The van der Waals surface area contributed by atoms with Crippen molar-refractivity contribution < 1.29 is 23.9 Å². The lowest BCUT2D eigenvalue weighted by atomic mass is 9.46. The fourth-order valence-electron chi connectivity index (χ4n) is 7.72. The molecule has 32 heavy (non-hydrogen) atoms. The van der Waals surface area contributed by atoms with Gasteiger partial charge in [-0.15, -0.1) is 0 Å². The molecule has 3 fully saturated rings. The Morgan fingerprint density at radius 2 is 1.88 bits per heavy atom. The molecule has 0 bridgehead atoms. The first-order valence-corrected chi connectivity index (χ1v) is 13.1. The van der Waals surface area contributed by atoms with Crippen molar-refractivity contribution in [3.8, 4) is 0 Å². The van der Waals surface area contributed by atoms with Gasteiger partial charge in [0.15, 0.2) is 16.7 Å². The lowest BCUT2D eigenvalue weighted by molar-refractivity contribution is -0.150. The molecule has 0 aromatic rings. The quantitative estimate of drug-likeness (QED) is 0.542. The Labute approximate surface area is 195 Å². The van der Waals surface area contributed by atoms with E-state index in [0.717, 1.165) is 38.5 Å². The van der Waals surface area contributed by atoms with Gasteiger partial charge in [0, 0.05) is 30.9 Å². The standard InChI is InChI=1S/C26H36O5S/c1-5-23(30)31-14-21(29)18-6-7-19-24-20(9-11-26(18,19)4)25(3)10-8-17(28)12-16(25)13-22(24)32-15(2)27/h12,18-20,22,24H,5-11,13-14H2,1-4H3/t18-,19+,20+,22-,24+,25+,26-/m1/s1. The zero-order valence-electron chi connectivity index (χ0n) is 19.8. The van der Waals surface area contributed by atoms with Crippen molar-refractivity contribution in [3.05, 3.63) is 11.6 Å². The number of allylic oxidation sites excluding steroid dienone is 1. The lowest BCUT2D eigenvalue weighted by Crippen LogP contribution is -2.55. The van der Waals surface area contributed by atoms with Gasteiger partial charge in [-0.05, 0) is 73.2 Å². The van der Waals surface area contributed by atoms with E-state index in [4.69, 9.17) is 4.74 Å². The molecule has 0 saturated heterocycles. The van der Waals surface area contributed by atoms with Crippen molar-refractivity contribution in [3.63, 3.8) is 0 Å². The summed E-state index contributed by atoms with van der Waals surface area (Å²) in [6.07, 6.45) is 8.29. The summed E-state index contributed by atoms with van der Waals surface area (Å²) >= 11 is 1.45. The first kappa shape index (κ1) is 23.7. The van der Waals surface area contributed by atoms with E-state index in [1.807, 2.05) is 6.08 Å². The Morgan fingerprint density at radius 3 is 2.56 bits per heavy atom. The lowest BCUT2D eigenvalue weighted by Gasteiger charge is -2.60. The molecule has 0 unspecified atom stereocenters. The number of rotatable bonds is 5. The van der Waals surface area contributed by atoms with Gasteiger partial charge in [0.1, 0.15) is 6.61 Å². The number of fused-ring (bicyclic) bond motifs is 5. The smallest absolute Gasteiger partial charge is 0.305 e. The molecule has 0 amide bonds. The minimum absolute atomic E-state index is 0.0203. The SMILES string of the molecule is CCC(=O)OCC(=O)[C@H]1CC[C@H]2[C@@H]3[C@H](SC(C)=O)CC4=CC(=O)CC[C@]4(C)[C@H]3CC[C@]12C. The first-order valence-electron chi connectivity index (χ1n) is 12.2. The van der Waals surface area contributed by atoms with Crippen molar-refractivity contribution in [2.24, 2.45) is 34.5 Å². The number of hydrogen-bond acceptors (Lipinski definition) is 6. The van der Waals surface area contributed by atoms with Crippen LogP contribution in [0.3, 0.4) is 0 Å². The van der Waals surface area contributed by atoms with E-state index < -0.39 is 0 Å².